The molecule has 7 heteroatoms. The lowest BCUT2D eigenvalue weighted by Gasteiger charge is -2.29. The zero-order valence-electron chi connectivity index (χ0n) is 13.6. The number of aliphatic hydroxyl groups is 1. The van der Waals surface area contributed by atoms with E-state index in [4.69, 9.17) is 0 Å². The molecule has 0 unspecified atom stereocenters. The summed E-state index contributed by atoms with van der Waals surface area (Å²) in [6.45, 7) is 4.77. The lowest BCUT2D eigenvalue weighted by atomic mass is 10.00. The van der Waals surface area contributed by atoms with Crippen LogP contribution in [0.1, 0.15) is 37.8 Å². The maximum atomic E-state index is 12.3. The zero-order valence-corrected chi connectivity index (χ0v) is 14.4. The highest BCUT2D eigenvalue weighted by Gasteiger charge is 2.22. The van der Waals surface area contributed by atoms with Gasteiger partial charge in [-0.1, -0.05) is 13.0 Å². The zero-order chi connectivity index (χ0) is 17.0. The first kappa shape index (κ1) is 17.9. The minimum absolute atomic E-state index is 0.0824. The van der Waals surface area contributed by atoms with E-state index in [-0.39, 0.29) is 17.3 Å². The highest BCUT2D eigenvalue weighted by molar-refractivity contribution is 7.89. The van der Waals surface area contributed by atoms with Crippen LogP contribution in [0.25, 0.3) is 0 Å². The van der Waals surface area contributed by atoms with Gasteiger partial charge in [-0.3, -0.25) is 4.79 Å². The Hall–Kier alpha value is -1.44. The molecule has 128 valence electrons. The van der Waals surface area contributed by atoms with E-state index in [0.717, 1.165) is 17.5 Å². The van der Waals surface area contributed by atoms with Gasteiger partial charge in [0.25, 0.3) is 0 Å². The van der Waals surface area contributed by atoms with Crippen LogP contribution in [0.4, 0.5) is 0 Å². The van der Waals surface area contributed by atoms with Crippen molar-refractivity contribution >= 4 is 15.9 Å². The Morgan fingerprint density at radius 1 is 1.39 bits per heavy atom. The monoisotopic (exact) mass is 340 g/mol. The van der Waals surface area contributed by atoms with Crippen molar-refractivity contribution in [3.63, 3.8) is 0 Å². The summed E-state index contributed by atoms with van der Waals surface area (Å²) in [6, 6.07) is 5.07. The summed E-state index contributed by atoms with van der Waals surface area (Å²) in [5.41, 5.74) is 1.98. The Morgan fingerprint density at radius 2 is 2.13 bits per heavy atom. The molecule has 0 fully saturated rings. The minimum atomic E-state index is -3.60. The molecule has 1 amide bonds. The van der Waals surface area contributed by atoms with Gasteiger partial charge >= 0.3 is 0 Å². The van der Waals surface area contributed by atoms with Gasteiger partial charge in [0.2, 0.25) is 15.9 Å². The first-order chi connectivity index (χ1) is 10.8. The average molecular weight is 340 g/mol. The molecule has 0 saturated heterocycles. The molecule has 6 nitrogen and oxygen atoms in total. The van der Waals surface area contributed by atoms with E-state index in [1.54, 1.807) is 24.0 Å². The van der Waals surface area contributed by atoms with Gasteiger partial charge in [-0.05, 0) is 43.0 Å². The van der Waals surface area contributed by atoms with Crippen LogP contribution in [-0.2, 0) is 27.8 Å². The average Bonchev–Trinajstić information content (AvgIpc) is 2.52. The van der Waals surface area contributed by atoms with Crippen molar-refractivity contribution in [2.24, 2.45) is 0 Å². The number of aliphatic hydroxyl groups excluding tert-OH is 1. The second kappa shape index (κ2) is 7.42. The molecule has 23 heavy (non-hydrogen) atoms. The molecule has 0 spiro atoms. The van der Waals surface area contributed by atoms with Gasteiger partial charge in [-0.15, -0.1) is 0 Å². The predicted molar refractivity (Wildman–Crippen MR) is 87.3 cm³/mol. The Kier molecular flexibility index (Phi) is 5.78. The molecule has 1 aromatic rings. The third kappa shape index (κ3) is 4.53. The Labute approximate surface area is 137 Å². The molecule has 1 heterocycles. The van der Waals surface area contributed by atoms with Crippen molar-refractivity contribution in [3.05, 3.63) is 29.3 Å². The SMILES string of the molecule is CCC(=O)N1CCc2ccc(S(=O)(=O)NCC[C@@H](C)O)cc2C1. The summed E-state index contributed by atoms with van der Waals surface area (Å²) >= 11 is 0. The molecule has 1 aliphatic heterocycles. The first-order valence-electron chi connectivity index (χ1n) is 7.90. The highest BCUT2D eigenvalue weighted by atomic mass is 32.2. The third-order valence-corrected chi connectivity index (χ3v) is 5.47. The van der Waals surface area contributed by atoms with E-state index >= 15 is 0 Å². The lowest BCUT2D eigenvalue weighted by Crippen LogP contribution is -2.35. The number of rotatable bonds is 6. The van der Waals surface area contributed by atoms with Crippen LogP contribution in [0.2, 0.25) is 0 Å². The summed E-state index contributed by atoms with van der Waals surface area (Å²) < 4.78 is 27.1. The van der Waals surface area contributed by atoms with Gasteiger partial charge in [-0.2, -0.15) is 0 Å². The third-order valence-electron chi connectivity index (χ3n) is 4.01. The molecule has 1 aromatic carbocycles. The molecule has 1 atom stereocenters. The fourth-order valence-electron chi connectivity index (χ4n) is 2.62. The Bertz CT molecular complexity index is 671. The largest absolute Gasteiger partial charge is 0.393 e. The van der Waals surface area contributed by atoms with E-state index in [2.05, 4.69) is 4.72 Å². The van der Waals surface area contributed by atoms with Crippen LogP contribution in [-0.4, -0.2) is 43.5 Å². The van der Waals surface area contributed by atoms with Crippen molar-refractivity contribution < 1.29 is 18.3 Å². The molecule has 0 aliphatic carbocycles. The van der Waals surface area contributed by atoms with Crippen LogP contribution < -0.4 is 4.72 Å². The number of carbonyl (C=O) groups is 1. The normalized spacial score (nSPS) is 16.0. The maximum Gasteiger partial charge on any atom is 0.240 e. The molecule has 0 radical (unpaired) electrons. The number of hydrogen-bond donors (Lipinski definition) is 2. The first-order valence-corrected chi connectivity index (χ1v) is 9.39. The maximum absolute atomic E-state index is 12.3. The number of nitrogens with one attached hydrogen (secondary N) is 1. The number of carbonyl (C=O) groups excluding carboxylic acids is 1. The lowest BCUT2D eigenvalue weighted by molar-refractivity contribution is -0.131. The summed E-state index contributed by atoms with van der Waals surface area (Å²) in [7, 11) is -3.60. The molecule has 2 N–H and O–H groups in total. The predicted octanol–water partition coefficient (Wildman–Crippen LogP) is 1.03. The fraction of sp³-hybridized carbons (Fsp3) is 0.562. The van der Waals surface area contributed by atoms with Crippen molar-refractivity contribution in [3.8, 4) is 0 Å². The van der Waals surface area contributed by atoms with Crippen LogP contribution in [0.3, 0.4) is 0 Å². The number of nitrogens with zero attached hydrogens (tertiary/aromatic N) is 1. The molecule has 0 bridgehead atoms. The van der Waals surface area contributed by atoms with E-state index in [9.17, 15) is 18.3 Å². The fourth-order valence-corrected chi connectivity index (χ4v) is 3.72. The molecular weight excluding hydrogens is 316 g/mol. The summed E-state index contributed by atoms with van der Waals surface area (Å²) in [5, 5.41) is 9.21. The number of amides is 1. The topological polar surface area (TPSA) is 86.7 Å². The van der Waals surface area contributed by atoms with Gasteiger partial charge in [0.05, 0.1) is 11.0 Å². The van der Waals surface area contributed by atoms with Crippen LogP contribution in [0, 0.1) is 0 Å². The number of benzene rings is 1. The smallest absolute Gasteiger partial charge is 0.240 e. The summed E-state index contributed by atoms with van der Waals surface area (Å²) in [5.74, 6) is 0.0824. The molecular formula is C16H24N2O4S. The van der Waals surface area contributed by atoms with Gasteiger partial charge in [0.1, 0.15) is 0 Å². The molecule has 0 saturated carbocycles. The van der Waals surface area contributed by atoms with E-state index < -0.39 is 16.1 Å². The number of fused-ring (bicyclic) bond motifs is 1. The molecule has 0 aromatic heterocycles. The van der Waals surface area contributed by atoms with Gasteiger partial charge < -0.3 is 10.0 Å². The van der Waals surface area contributed by atoms with E-state index in [1.807, 2.05) is 13.0 Å². The Balaban J connectivity index is 2.15. The number of hydrogen-bond acceptors (Lipinski definition) is 4. The quantitative estimate of drug-likeness (QED) is 0.810. The van der Waals surface area contributed by atoms with E-state index in [1.165, 1.54) is 0 Å². The van der Waals surface area contributed by atoms with Crippen molar-refractivity contribution in [1.29, 1.82) is 0 Å². The summed E-state index contributed by atoms with van der Waals surface area (Å²) in [6.07, 6.45) is 1.02. The van der Waals surface area contributed by atoms with Crippen LogP contribution in [0.5, 0.6) is 0 Å². The van der Waals surface area contributed by atoms with Crippen molar-refractivity contribution in [1.82, 2.24) is 9.62 Å². The Morgan fingerprint density at radius 3 is 2.78 bits per heavy atom. The van der Waals surface area contributed by atoms with Crippen LogP contribution >= 0.6 is 0 Å². The van der Waals surface area contributed by atoms with Gasteiger partial charge in [0, 0.05) is 26.1 Å². The molecule has 1 aliphatic rings. The highest BCUT2D eigenvalue weighted by Crippen LogP contribution is 2.23. The van der Waals surface area contributed by atoms with Gasteiger partial charge in [-0.25, -0.2) is 13.1 Å². The van der Waals surface area contributed by atoms with E-state index in [0.29, 0.717) is 25.9 Å². The van der Waals surface area contributed by atoms with Crippen molar-refractivity contribution in [2.75, 3.05) is 13.1 Å². The second-order valence-electron chi connectivity index (χ2n) is 5.88. The standard InChI is InChI=1S/C16H24N2O4S/c1-3-16(20)18-9-7-13-4-5-15(10-14(13)11-18)23(21,22)17-8-6-12(2)19/h4-5,10,12,17,19H,3,6-9,11H2,1-2H3/t12-/m1/s1. The van der Waals surface area contributed by atoms with Gasteiger partial charge in [0.15, 0.2) is 0 Å². The second-order valence-corrected chi connectivity index (χ2v) is 7.65. The number of sulfonamides is 1. The van der Waals surface area contributed by atoms with Crippen molar-refractivity contribution in [2.45, 2.75) is 50.7 Å². The minimum Gasteiger partial charge on any atom is -0.393 e. The molecule has 2 rings (SSSR count). The summed E-state index contributed by atoms with van der Waals surface area (Å²) in [4.78, 5) is 13.8. The van der Waals surface area contributed by atoms with Crippen LogP contribution in [0.15, 0.2) is 23.1 Å².